The van der Waals surface area contributed by atoms with Crippen molar-refractivity contribution in [2.24, 2.45) is 16.0 Å². The molecule has 0 saturated heterocycles. The number of nitrogens with one attached hydrogen (secondary N) is 2. The van der Waals surface area contributed by atoms with E-state index in [4.69, 9.17) is 10.7 Å². The third kappa shape index (κ3) is 4.48. The number of rotatable bonds is 7. The van der Waals surface area contributed by atoms with Gasteiger partial charge in [-0.05, 0) is 36.4 Å². The summed E-state index contributed by atoms with van der Waals surface area (Å²) in [5, 5.41) is 15.2. The first-order valence-corrected chi connectivity index (χ1v) is 11.3. The molecule has 3 heterocycles. The molecular weight excluding hydrogens is 448 g/mol. The first-order chi connectivity index (χ1) is 16.7. The largest absolute Gasteiger partial charge is 0.366 e. The molecule has 0 bridgehead atoms. The zero-order chi connectivity index (χ0) is 23.3. The minimum Gasteiger partial charge on any atom is -0.366 e. The van der Waals surface area contributed by atoms with E-state index in [1.54, 1.807) is 17.4 Å². The number of anilines is 3. The molecule has 0 radical (unpaired) electrons. The Hall–Kier alpha value is -4.57. The molecule has 4 aromatic rings. The number of hydrazine groups is 1. The zero-order valence-corrected chi connectivity index (χ0v) is 18.7. The number of thiazole rings is 1. The normalized spacial score (nSPS) is 15.2. The summed E-state index contributed by atoms with van der Waals surface area (Å²) in [6.07, 6.45) is 2.52. The van der Waals surface area contributed by atoms with Gasteiger partial charge in [-0.25, -0.2) is 4.98 Å². The van der Waals surface area contributed by atoms with Crippen molar-refractivity contribution in [1.82, 2.24) is 15.4 Å². The number of para-hydroxylation sites is 2. The number of azo groups is 1. The van der Waals surface area contributed by atoms with Gasteiger partial charge in [-0.15, -0.1) is 5.11 Å². The standard InChI is InChI=1S/C24H20N8OS/c25-21(33)18-15-27-32(17-11-5-2-6-12-17)22(18)30-31-23-20(19-13-7-8-14-26-19)29-24(34-23)28-16-9-3-1-4-10-16/h1-15,22,27H,(H2,25,33)(H,28,29). The van der Waals surface area contributed by atoms with Crippen molar-refractivity contribution in [3.8, 4) is 11.4 Å². The average molecular weight is 469 g/mol. The van der Waals surface area contributed by atoms with Gasteiger partial charge in [0.2, 0.25) is 5.91 Å². The van der Waals surface area contributed by atoms with Crippen molar-refractivity contribution >= 4 is 38.8 Å². The molecule has 0 spiro atoms. The predicted molar refractivity (Wildman–Crippen MR) is 133 cm³/mol. The van der Waals surface area contributed by atoms with Gasteiger partial charge in [0.1, 0.15) is 5.69 Å². The maximum atomic E-state index is 12.1. The van der Waals surface area contributed by atoms with Crippen LogP contribution in [0.3, 0.4) is 0 Å². The number of amides is 1. The molecule has 10 heteroatoms. The number of carbonyl (C=O) groups is 1. The fraction of sp³-hybridized carbons (Fsp3) is 0.0417. The third-order valence-corrected chi connectivity index (χ3v) is 5.86. The van der Waals surface area contributed by atoms with E-state index in [2.05, 4.69) is 26.0 Å². The number of hydrogen-bond acceptors (Lipinski definition) is 9. The molecule has 1 amide bonds. The van der Waals surface area contributed by atoms with Gasteiger partial charge in [-0.2, -0.15) is 5.11 Å². The Morgan fingerprint density at radius 3 is 2.47 bits per heavy atom. The van der Waals surface area contributed by atoms with Crippen LogP contribution >= 0.6 is 11.3 Å². The van der Waals surface area contributed by atoms with Crippen LogP contribution in [-0.2, 0) is 4.79 Å². The van der Waals surface area contributed by atoms with Crippen molar-refractivity contribution in [1.29, 1.82) is 0 Å². The maximum Gasteiger partial charge on any atom is 0.250 e. The summed E-state index contributed by atoms with van der Waals surface area (Å²) in [6, 6.07) is 24.9. The zero-order valence-electron chi connectivity index (χ0n) is 17.9. The lowest BCUT2D eigenvalue weighted by atomic mass is 10.2. The van der Waals surface area contributed by atoms with Crippen LogP contribution in [0.1, 0.15) is 0 Å². The summed E-state index contributed by atoms with van der Waals surface area (Å²) < 4.78 is 0. The van der Waals surface area contributed by atoms with Crippen LogP contribution in [0.4, 0.5) is 21.5 Å². The number of benzene rings is 2. The molecule has 0 fully saturated rings. The van der Waals surface area contributed by atoms with Crippen LogP contribution < -0.4 is 21.5 Å². The molecule has 34 heavy (non-hydrogen) atoms. The molecule has 1 unspecified atom stereocenters. The van der Waals surface area contributed by atoms with E-state index in [0.717, 1.165) is 11.4 Å². The Morgan fingerprint density at radius 2 is 1.76 bits per heavy atom. The second kappa shape index (κ2) is 9.51. The second-order valence-corrected chi connectivity index (χ2v) is 8.24. The molecule has 9 nitrogen and oxygen atoms in total. The van der Waals surface area contributed by atoms with Gasteiger partial charge < -0.3 is 16.5 Å². The number of hydrogen-bond donors (Lipinski definition) is 3. The molecule has 1 aliphatic rings. The summed E-state index contributed by atoms with van der Waals surface area (Å²) >= 11 is 1.34. The predicted octanol–water partition coefficient (Wildman–Crippen LogP) is 4.75. The minimum atomic E-state index is -0.732. The maximum absolute atomic E-state index is 12.1. The minimum absolute atomic E-state index is 0.305. The van der Waals surface area contributed by atoms with Gasteiger partial charge in [0.05, 0.1) is 17.0 Å². The second-order valence-electron chi connectivity index (χ2n) is 7.27. The fourth-order valence-corrected chi connectivity index (χ4v) is 4.22. The van der Waals surface area contributed by atoms with E-state index in [0.29, 0.717) is 27.1 Å². The molecule has 0 saturated carbocycles. The highest BCUT2D eigenvalue weighted by molar-refractivity contribution is 7.19. The van der Waals surface area contributed by atoms with Gasteiger partial charge >= 0.3 is 0 Å². The van der Waals surface area contributed by atoms with Gasteiger partial charge in [-0.3, -0.25) is 14.8 Å². The van der Waals surface area contributed by atoms with Crippen molar-refractivity contribution in [2.75, 3.05) is 10.3 Å². The lowest BCUT2D eigenvalue weighted by Gasteiger charge is -2.23. The Morgan fingerprint density at radius 1 is 1.03 bits per heavy atom. The summed E-state index contributed by atoms with van der Waals surface area (Å²) in [5.41, 5.74) is 11.9. The number of carbonyl (C=O) groups excluding carboxylic acids is 1. The first kappa shape index (κ1) is 21.3. The molecule has 5 rings (SSSR count). The third-order valence-electron chi connectivity index (χ3n) is 5.00. The van der Waals surface area contributed by atoms with Crippen LogP contribution in [0, 0.1) is 0 Å². The van der Waals surface area contributed by atoms with Crippen molar-refractivity contribution < 1.29 is 4.79 Å². The first-order valence-electron chi connectivity index (χ1n) is 10.4. The molecule has 1 atom stereocenters. The highest BCUT2D eigenvalue weighted by Crippen LogP contribution is 2.39. The Balaban J connectivity index is 1.50. The number of aromatic nitrogens is 2. The van der Waals surface area contributed by atoms with E-state index < -0.39 is 12.1 Å². The number of primary amides is 1. The Labute approximate surface area is 199 Å². The summed E-state index contributed by atoms with van der Waals surface area (Å²) in [7, 11) is 0. The van der Waals surface area contributed by atoms with Gasteiger partial charge in [0.25, 0.3) is 0 Å². The van der Waals surface area contributed by atoms with Crippen LogP contribution in [0.15, 0.2) is 107 Å². The van der Waals surface area contributed by atoms with Crippen molar-refractivity contribution in [2.45, 2.75) is 6.17 Å². The van der Waals surface area contributed by atoms with Crippen LogP contribution in [-0.4, -0.2) is 22.0 Å². The van der Waals surface area contributed by atoms with E-state index in [1.165, 1.54) is 11.3 Å². The SMILES string of the molecule is NC(=O)C1=CNN(c2ccccc2)C1N=Nc1sc(Nc2ccccc2)nc1-c1ccccn1. The van der Waals surface area contributed by atoms with Crippen molar-refractivity contribution in [3.63, 3.8) is 0 Å². The summed E-state index contributed by atoms with van der Waals surface area (Å²) in [4.78, 5) is 21.2. The number of nitrogens with zero attached hydrogens (tertiary/aromatic N) is 5. The summed E-state index contributed by atoms with van der Waals surface area (Å²) in [5.74, 6) is -0.574. The molecule has 1 aliphatic heterocycles. The average Bonchev–Trinajstić information content (AvgIpc) is 3.48. The highest BCUT2D eigenvalue weighted by atomic mass is 32.1. The molecule has 4 N–H and O–H groups in total. The van der Waals surface area contributed by atoms with Gasteiger partial charge in [0, 0.05) is 18.1 Å². The number of pyridine rings is 1. The lowest BCUT2D eigenvalue weighted by molar-refractivity contribution is -0.114. The van der Waals surface area contributed by atoms with Crippen LogP contribution in [0.25, 0.3) is 11.4 Å². The fourth-order valence-electron chi connectivity index (χ4n) is 3.39. The van der Waals surface area contributed by atoms with E-state index in [-0.39, 0.29) is 0 Å². The van der Waals surface area contributed by atoms with Crippen LogP contribution in [0.2, 0.25) is 0 Å². The van der Waals surface area contributed by atoms with Gasteiger partial charge in [-0.1, -0.05) is 53.8 Å². The highest BCUT2D eigenvalue weighted by Gasteiger charge is 2.31. The quantitative estimate of drug-likeness (QED) is 0.337. The monoisotopic (exact) mass is 468 g/mol. The van der Waals surface area contributed by atoms with Crippen LogP contribution in [0.5, 0.6) is 0 Å². The lowest BCUT2D eigenvalue weighted by Crippen LogP contribution is -2.39. The summed E-state index contributed by atoms with van der Waals surface area (Å²) in [6.45, 7) is 0. The molecule has 0 aliphatic carbocycles. The number of nitrogens with two attached hydrogens (primary N) is 1. The van der Waals surface area contributed by atoms with E-state index in [9.17, 15) is 4.79 Å². The molecule has 168 valence electrons. The molecular formula is C24H20N8OS. The Kier molecular flexibility index (Phi) is 5.95. The smallest absolute Gasteiger partial charge is 0.250 e. The van der Waals surface area contributed by atoms with Gasteiger partial charge in [0.15, 0.2) is 16.3 Å². The Bertz CT molecular complexity index is 1340. The molecule has 2 aromatic heterocycles. The van der Waals surface area contributed by atoms with E-state index >= 15 is 0 Å². The molecule has 2 aromatic carbocycles. The van der Waals surface area contributed by atoms with Crippen molar-refractivity contribution in [3.05, 3.63) is 96.8 Å². The van der Waals surface area contributed by atoms with E-state index in [1.807, 2.05) is 78.9 Å². The topological polar surface area (TPSA) is 121 Å².